The molecule has 0 fully saturated rings. The SMILES string of the molecule is CCNC(=O)[C@H](CC)N(Cc1c(Cl)cccc1Cl)C(=O)CN(c1cc(Cl)ccc1C)S(=O)(=O)c1ccccc1. The Morgan fingerprint density at radius 1 is 0.923 bits per heavy atom. The molecule has 0 aliphatic carbocycles. The number of nitrogens with zero attached hydrogens (tertiary/aromatic N) is 2. The fourth-order valence-corrected chi connectivity index (χ4v) is 6.32. The van der Waals surface area contributed by atoms with Crippen LogP contribution in [-0.2, 0) is 26.2 Å². The van der Waals surface area contributed by atoms with Crippen LogP contribution in [0.3, 0.4) is 0 Å². The van der Waals surface area contributed by atoms with Gasteiger partial charge in [0.1, 0.15) is 12.6 Å². The summed E-state index contributed by atoms with van der Waals surface area (Å²) in [7, 11) is -4.20. The first-order valence-corrected chi connectivity index (χ1v) is 14.9. The molecule has 208 valence electrons. The topological polar surface area (TPSA) is 86.8 Å². The Balaban J connectivity index is 2.13. The summed E-state index contributed by atoms with van der Waals surface area (Å²) >= 11 is 19.1. The van der Waals surface area contributed by atoms with E-state index < -0.39 is 28.5 Å². The molecule has 3 aromatic carbocycles. The lowest BCUT2D eigenvalue weighted by molar-refractivity contribution is -0.140. The minimum atomic E-state index is -4.20. The molecular weight excluding hydrogens is 581 g/mol. The molecule has 3 aromatic rings. The highest BCUT2D eigenvalue weighted by Crippen LogP contribution is 2.31. The standard InChI is InChI=1S/C28H30Cl3N3O4S/c1-4-25(28(36)32-5-2)33(17-22-23(30)12-9-13-24(22)31)27(35)18-34(26-16-20(29)15-14-19(26)3)39(37,38)21-10-7-6-8-11-21/h6-16,25H,4-5,17-18H2,1-3H3,(H,32,36)/t25-/m0/s1. The van der Waals surface area contributed by atoms with Crippen LogP contribution in [0, 0.1) is 6.92 Å². The molecule has 0 radical (unpaired) electrons. The molecule has 7 nitrogen and oxygen atoms in total. The smallest absolute Gasteiger partial charge is 0.264 e. The average Bonchev–Trinajstić information content (AvgIpc) is 2.90. The number of halogens is 3. The maximum absolute atomic E-state index is 14.1. The third-order valence-corrected chi connectivity index (χ3v) is 8.89. The Morgan fingerprint density at radius 3 is 2.15 bits per heavy atom. The lowest BCUT2D eigenvalue weighted by Crippen LogP contribution is -2.52. The van der Waals surface area contributed by atoms with Crippen molar-refractivity contribution in [1.82, 2.24) is 10.2 Å². The van der Waals surface area contributed by atoms with Crippen molar-refractivity contribution in [3.05, 3.63) is 92.9 Å². The zero-order chi connectivity index (χ0) is 28.7. The van der Waals surface area contributed by atoms with E-state index in [0.29, 0.717) is 32.7 Å². The first-order chi connectivity index (χ1) is 18.5. The Labute approximate surface area is 244 Å². The molecule has 1 N–H and O–H groups in total. The number of anilines is 1. The normalized spacial score (nSPS) is 12.1. The number of benzene rings is 3. The van der Waals surface area contributed by atoms with Gasteiger partial charge in [0.2, 0.25) is 11.8 Å². The summed E-state index contributed by atoms with van der Waals surface area (Å²) in [4.78, 5) is 28.4. The van der Waals surface area contributed by atoms with E-state index in [2.05, 4.69) is 5.32 Å². The van der Waals surface area contributed by atoms with Gasteiger partial charge in [0.15, 0.2) is 0 Å². The number of carbonyl (C=O) groups excluding carboxylic acids is 2. The highest BCUT2D eigenvalue weighted by Gasteiger charge is 2.34. The lowest BCUT2D eigenvalue weighted by atomic mass is 10.1. The first kappa shape index (κ1) is 30.8. The van der Waals surface area contributed by atoms with Gasteiger partial charge in [-0.2, -0.15) is 0 Å². The largest absolute Gasteiger partial charge is 0.355 e. The van der Waals surface area contributed by atoms with Crippen LogP contribution in [0.4, 0.5) is 5.69 Å². The summed E-state index contributed by atoms with van der Waals surface area (Å²) in [5, 5.41) is 3.72. The number of amides is 2. The molecule has 3 rings (SSSR count). The zero-order valence-electron chi connectivity index (χ0n) is 21.8. The summed E-state index contributed by atoms with van der Waals surface area (Å²) < 4.78 is 28.8. The predicted molar refractivity (Wildman–Crippen MR) is 157 cm³/mol. The van der Waals surface area contributed by atoms with E-state index in [0.717, 1.165) is 4.31 Å². The highest BCUT2D eigenvalue weighted by atomic mass is 35.5. The number of nitrogens with one attached hydrogen (secondary N) is 1. The minimum absolute atomic E-state index is 0.00800. The fraction of sp³-hybridized carbons (Fsp3) is 0.286. The number of rotatable bonds is 11. The molecule has 0 heterocycles. The number of aryl methyl sites for hydroxylation is 1. The fourth-order valence-electron chi connectivity index (χ4n) is 4.15. The molecule has 0 aliphatic rings. The van der Waals surface area contributed by atoms with Crippen LogP contribution in [-0.4, -0.2) is 44.3 Å². The predicted octanol–water partition coefficient (Wildman–Crippen LogP) is 6.09. The van der Waals surface area contributed by atoms with Gasteiger partial charge in [-0.05, 0) is 62.2 Å². The lowest BCUT2D eigenvalue weighted by Gasteiger charge is -2.34. The van der Waals surface area contributed by atoms with Gasteiger partial charge in [-0.15, -0.1) is 0 Å². The van der Waals surface area contributed by atoms with Gasteiger partial charge in [-0.25, -0.2) is 8.42 Å². The molecule has 0 spiro atoms. The van der Waals surface area contributed by atoms with Crippen molar-refractivity contribution in [2.45, 2.75) is 44.7 Å². The monoisotopic (exact) mass is 609 g/mol. The summed E-state index contributed by atoms with van der Waals surface area (Å²) in [6.45, 7) is 4.96. The molecule has 0 bridgehead atoms. The van der Waals surface area contributed by atoms with Crippen LogP contribution in [0.15, 0.2) is 71.6 Å². The van der Waals surface area contributed by atoms with E-state index in [4.69, 9.17) is 34.8 Å². The third-order valence-electron chi connectivity index (χ3n) is 6.18. The van der Waals surface area contributed by atoms with E-state index in [-0.39, 0.29) is 29.5 Å². The second-order valence-electron chi connectivity index (χ2n) is 8.80. The molecule has 0 saturated carbocycles. The van der Waals surface area contributed by atoms with E-state index in [1.807, 2.05) is 0 Å². The number of sulfonamides is 1. The van der Waals surface area contributed by atoms with E-state index in [1.54, 1.807) is 69.3 Å². The van der Waals surface area contributed by atoms with Crippen molar-refractivity contribution >= 4 is 62.3 Å². The van der Waals surface area contributed by atoms with Crippen LogP contribution in [0.5, 0.6) is 0 Å². The van der Waals surface area contributed by atoms with Crippen LogP contribution in [0.25, 0.3) is 0 Å². The number of hydrogen-bond acceptors (Lipinski definition) is 4. The molecule has 0 aromatic heterocycles. The third kappa shape index (κ3) is 7.25. The van der Waals surface area contributed by atoms with Crippen molar-refractivity contribution in [2.75, 3.05) is 17.4 Å². The number of hydrogen-bond donors (Lipinski definition) is 1. The van der Waals surface area contributed by atoms with Crippen LogP contribution < -0.4 is 9.62 Å². The second-order valence-corrected chi connectivity index (χ2v) is 11.9. The van der Waals surface area contributed by atoms with Crippen LogP contribution in [0.1, 0.15) is 31.4 Å². The number of carbonyl (C=O) groups is 2. The van der Waals surface area contributed by atoms with Crippen molar-refractivity contribution in [1.29, 1.82) is 0 Å². The summed E-state index contributed by atoms with van der Waals surface area (Å²) in [6, 6.07) is 16.7. The van der Waals surface area contributed by atoms with Gasteiger partial charge in [0.25, 0.3) is 10.0 Å². The van der Waals surface area contributed by atoms with Gasteiger partial charge in [-0.3, -0.25) is 13.9 Å². The minimum Gasteiger partial charge on any atom is -0.355 e. The second kappa shape index (κ2) is 13.5. The van der Waals surface area contributed by atoms with Gasteiger partial charge >= 0.3 is 0 Å². The van der Waals surface area contributed by atoms with Crippen molar-refractivity contribution in [3.8, 4) is 0 Å². The van der Waals surface area contributed by atoms with Crippen molar-refractivity contribution in [3.63, 3.8) is 0 Å². The molecule has 0 aliphatic heterocycles. The van der Waals surface area contributed by atoms with Gasteiger partial charge in [0, 0.05) is 33.7 Å². The molecule has 11 heteroatoms. The van der Waals surface area contributed by atoms with Crippen LogP contribution in [0.2, 0.25) is 15.1 Å². The summed E-state index contributed by atoms with van der Waals surface area (Å²) in [6.07, 6.45) is 0.279. The molecule has 0 saturated heterocycles. The van der Waals surface area contributed by atoms with Gasteiger partial charge < -0.3 is 10.2 Å². The molecule has 39 heavy (non-hydrogen) atoms. The Morgan fingerprint density at radius 2 is 1.56 bits per heavy atom. The van der Waals surface area contributed by atoms with E-state index in [9.17, 15) is 18.0 Å². The maximum Gasteiger partial charge on any atom is 0.264 e. The summed E-state index contributed by atoms with van der Waals surface area (Å²) in [5.74, 6) is -0.976. The zero-order valence-corrected chi connectivity index (χ0v) is 24.9. The highest BCUT2D eigenvalue weighted by molar-refractivity contribution is 7.92. The van der Waals surface area contributed by atoms with E-state index in [1.165, 1.54) is 23.1 Å². The van der Waals surface area contributed by atoms with Crippen molar-refractivity contribution < 1.29 is 18.0 Å². The maximum atomic E-state index is 14.1. The molecule has 0 unspecified atom stereocenters. The molecular formula is C28H30Cl3N3O4S. The van der Waals surface area contributed by atoms with Gasteiger partial charge in [0.05, 0.1) is 10.6 Å². The Bertz CT molecular complexity index is 1410. The average molecular weight is 611 g/mol. The van der Waals surface area contributed by atoms with Crippen LogP contribution >= 0.6 is 34.8 Å². The Hall–Kier alpha value is -2.78. The summed E-state index contributed by atoms with van der Waals surface area (Å²) in [5.41, 5.74) is 1.30. The van der Waals surface area contributed by atoms with Crippen molar-refractivity contribution in [2.24, 2.45) is 0 Å². The van der Waals surface area contributed by atoms with Gasteiger partial charge in [-0.1, -0.05) is 72.1 Å². The Kier molecular flexibility index (Phi) is 10.7. The molecule has 2 amide bonds. The quantitative estimate of drug-likeness (QED) is 0.285. The van der Waals surface area contributed by atoms with E-state index >= 15 is 0 Å². The molecule has 1 atom stereocenters. The number of likely N-dealkylation sites (N-methyl/N-ethyl adjacent to an activating group) is 1. The first-order valence-electron chi connectivity index (χ1n) is 12.3.